The summed E-state index contributed by atoms with van der Waals surface area (Å²) in [6, 6.07) is 5.90. The molecule has 1 heterocycles. The van der Waals surface area contributed by atoms with Gasteiger partial charge >= 0.3 is 5.97 Å². The standard InChI is InChI=1S/C16H20N2O5/c1-17(2)15(21)11-3-5-12(6-4-11)16(22)18-7-8-23-10-13(18)9-14(19)20/h3-6,13H,7-10H2,1-2H3,(H,19,20). The van der Waals surface area contributed by atoms with E-state index >= 15 is 0 Å². The van der Waals surface area contributed by atoms with Crippen LogP contribution in [0.5, 0.6) is 0 Å². The Bertz CT molecular complexity index is 597. The Labute approximate surface area is 134 Å². The maximum absolute atomic E-state index is 12.6. The van der Waals surface area contributed by atoms with Crippen molar-refractivity contribution in [2.75, 3.05) is 33.9 Å². The molecule has 0 radical (unpaired) electrons. The fraction of sp³-hybridized carbons (Fsp3) is 0.438. The second-order valence-electron chi connectivity index (χ2n) is 5.60. The molecule has 1 aromatic rings. The van der Waals surface area contributed by atoms with Gasteiger partial charge in [0.1, 0.15) is 0 Å². The van der Waals surface area contributed by atoms with Gasteiger partial charge in [0.2, 0.25) is 0 Å². The third-order valence-electron chi connectivity index (χ3n) is 3.68. The molecule has 1 unspecified atom stereocenters. The predicted molar refractivity (Wildman–Crippen MR) is 82.4 cm³/mol. The highest BCUT2D eigenvalue weighted by molar-refractivity contribution is 5.98. The monoisotopic (exact) mass is 320 g/mol. The van der Waals surface area contributed by atoms with Crippen molar-refractivity contribution in [1.82, 2.24) is 9.80 Å². The average Bonchev–Trinajstić information content (AvgIpc) is 2.53. The lowest BCUT2D eigenvalue weighted by Crippen LogP contribution is -2.49. The van der Waals surface area contributed by atoms with Crippen LogP contribution in [0.2, 0.25) is 0 Å². The maximum Gasteiger partial charge on any atom is 0.305 e. The first-order valence-electron chi connectivity index (χ1n) is 7.32. The Morgan fingerprint density at radius 1 is 1.22 bits per heavy atom. The lowest BCUT2D eigenvalue weighted by Gasteiger charge is -2.34. The molecule has 2 amide bonds. The highest BCUT2D eigenvalue weighted by Crippen LogP contribution is 2.16. The molecule has 1 atom stereocenters. The summed E-state index contributed by atoms with van der Waals surface area (Å²) >= 11 is 0. The number of amides is 2. The molecule has 2 rings (SSSR count). The highest BCUT2D eigenvalue weighted by atomic mass is 16.5. The van der Waals surface area contributed by atoms with Crippen LogP contribution < -0.4 is 0 Å². The van der Waals surface area contributed by atoms with Gasteiger partial charge in [-0.05, 0) is 24.3 Å². The zero-order valence-corrected chi connectivity index (χ0v) is 13.2. The van der Waals surface area contributed by atoms with Crippen molar-refractivity contribution in [3.8, 4) is 0 Å². The molecule has 0 aromatic heterocycles. The number of carboxylic acids is 1. The second kappa shape index (κ2) is 7.23. The van der Waals surface area contributed by atoms with Gasteiger partial charge < -0.3 is 19.6 Å². The van der Waals surface area contributed by atoms with E-state index < -0.39 is 12.0 Å². The quantitative estimate of drug-likeness (QED) is 0.882. The summed E-state index contributed by atoms with van der Waals surface area (Å²) in [7, 11) is 3.32. The molecule has 1 aliphatic heterocycles. The van der Waals surface area contributed by atoms with Gasteiger partial charge in [-0.3, -0.25) is 14.4 Å². The molecule has 1 aromatic carbocycles. The number of ether oxygens (including phenoxy) is 1. The van der Waals surface area contributed by atoms with Gasteiger partial charge in [0.05, 0.1) is 25.7 Å². The highest BCUT2D eigenvalue weighted by Gasteiger charge is 2.29. The number of carbonyl (C=O) groups is 3. The van der Waals surface area contributed by atoms with Crippen LogP contribution in [-0.4, -0.2) is 72.6 Å². The Balaban J connectivity index is 2.15. The minimum atomic E-state index is -0.967. The number of carbonyl (C=O) groups excluding carboxylic acids is 2. The van der Waals surface area contributed by atoms with Gasteiger partial charge in [-0.15, -0.1) is 0 Å². The summed E-state index contributed by atoms with van der Waals surface area (Å²) in [5, 5.41) is 8.95. The van der Waals surface area contributed by atoms with Crippen LogP contribution in [0.4, 0.5) is 0 Å². The Kier molecular flexibility index (Phi) is 5.33. The van der Waals surface area contributed by atoms with Crippen LogP contribution >= 0.6 is 0 Å². The zero-order valence-electron chi connectivity index (χ0n) is 13.2. The molecule has 1 aliphatic rings. The number of hydrogen-bond acceptors (Lipinski definition) is 4. The number of aliphatic carboxylic acids is 1. The third-order valence-corrected chi connectivity index (χ3v) is 3.68. The zero-order chi connectivity index (χ0) is 17.0. The van der Waals surface area contributed by atoms with Crippen molar-refractivity contribution in [1.29, 1.82) is 0 Å². The summed E-state index contributed by atoms with van der Waals surface area (Å²) in [6.45, 7) is 0.962. The molecule has 0 bridgehead atoms. The van der Waals surface area contributed by atoms with E-state index in [-0.39, 0.29) is 24.8 Å². The summed E-state index contributed by atoms with van der Waals surface area (Å²) in [5.74, 6) is -1.35. The first-order valence-corrected chi connectivity index (χ1v) is 7.32. The van der Waals surface area contributed by atoms with Crippen LogP contribution in [0.3, 0.4) is 0 Å². The fourth-order valence-corrected chi connectivity index (χ4v) is 2.47. The van der Waals surface area contributed by atoms with Gasteiger partial charge in [-0.2, -0.15) is 0 Å². The molecule has 1 N–H and O–H groups in total. The summed E-state index contributed by atoms with van der Waals surface area (Å²) in [4.78, 5) is 38.3. The van der Waals surface area contributed by atoms with Crippen molar-refractivity contribution in [3.05, 3.63) is 35.4 Å². The first-order chi connectivity index (χ1) is 10.9. The second-order valence-corrected chi connectivity index (χ2v) is 5.60. The van der Waals surface area contributed by atoms with Crippen LogP contribution in [0.15, 0.2) is 24.3 Å². The topological polar surface area (TPSA) is 87.2 Å². The molecule has 23 heavy (non-hydrogen) atoms. The molecule has 7 nitrogen and oxygen atoms in total. The van der Waals surface area contributed by atoms with E-state index in [1.165, 1.54) is 9.80 Å². The third kappa shape index (κ3) is 4.07. The van der Waals surface area contributed by atoms with E-state index in [0.29, 0.717) is 24.3 Å². The normalized spacial score (nSPS) is 17.7. The van der Waals surface area contributed by atoms with E-state index in [0.717, 1.165) is 0 Å². The van der Waals surface area contributed by atoms with Crippen molar-refractivity contribution in [2.24, 2.45) is 0 Å². The number of hydrogen-bond donors (Lipinski definition) is 1. The molecular weight excluding hydrogens is 300 g/mol. The average molecular weight is 320 g/mol. The van der Waals surface area contributed by atoms with Crippen molar-refractivity contribution in [3.63, 3.8) is 0 Å². The van der Waals surface area contributed by atoms with Gasteiger partial charge in [-0.25, -0.2) is 0 Å². The number of benzene rings is 1. The van der Waals surface area contributed by atoms with E-state index in [2.05, 4.69) is 0 Å². The maximum atomic E-state index is 12.6. The number of carboxylic acid groups (broad SMARTS) is 1. The number of morpholine rings is 1. The lowest BCUT2D eigenvalue weighted by molar-refractivity contribution is -0.139. The van der Waals surface area contributed by atoms with Crippen LogP contribution in [0.1, 0.15) is 27.1 Å². The molecule has 0 aliphatic carbocycles. The van der Waals surface area contributed by atoms with Gasteiger partial charge in [-0.1, -0.05) is 0 Å². The van der Waals surface area contributed by atoms with E-state index in [9.17, 15) is 14.4 Å². The van der Waals surface area contributed by atoms with E-state index in [1.54, 1.807) is 38.4 Å². The van der Waals surface area contributed by atoms with E-state index in [4.69, 9.17) is 9.84 Å². The largest absolute Gasteiger partial charge is 0.481 e. The lowest BCUT2D eigenvalue weighted by atomic mass is 10.1. The van der Waals surface area contributed by atoms with Crippen molar-refractivity contribution >= 4 is 17.8 Å². The van der Waals surface area contributed by atoms with Crippen molar-refractivity contribution in [2.45, 2.75) is 12.5 Å². The minimum absolute atomic E-state index is 0.140. The molecular formula is C16H20N2O5. The molecule has 0 spiro atoms. The number of rotatable bonds is 4. The smallest absolute Gasteiger partial charge is 0.305 e. The van der Waals surface area contributed by atoms with Crippen LogP contribution in [0, 0.1) is 0 Å². The fourth-order valence-electron chi connectivity index (χ4n) is 2.47. The summed E-state index contributed by atoms with van der Waals surface area (Å²) in [6.07, 6.45) is -0.150. The van der Waals surface area contributed by atoms with Gasteiger partial charge in [0.25, 0.3) is 11.8 Å². The molecule has 124 valence electrons. The Hall–Kier alpha value is -2.41. The molecule has 1 saturated heterocycles. The Morgan fingerprint density at radius 2 is 1.83 bits per heavy atom. The molecule has 7 heteroatoms. The van der Waals surface area contributed by atoms with Crippen molar-refractivity contribution < 1.29 is 24.2 Å². The van der Waals surface area contributed by atoms with Crippen LogP contribution in [0.25, 0.3) is 0 Å². The van der Waals surface area contributed by atoms with Crippen LogP contribution in [-0.2, 0) is 9.53 Å². The summed E-state index contributed by atoms with van der Waals surface area (Å²) < 4.78 is 5.27. The van der Waals surface area contributed by atoms with Gasteiger partial charge in [0.15, 0.2) is 0 Å². The van der Waals surface area contributed by atoms with Gasteiger partial charge in [0, 0.05) is 31.8 Å². The Morgan fingerprint density at radius 3 is 2.39 bits per heavy atom. The first kappa shape index (κ1) is 17.0. The summed E-state index contributed by atoms with van der Waals surface area (Å²) in [5.41, 5.74) is 0.924. The molecule has 0 saturated carbocycles. The predicted octanol–water partition coefficient (Wildman–Crippen LogP) is 0.704. The SMILES string of the molecule is CN(C)C(=O)c1ccc(C(=O)N2CCOCC2CC(=O)O)cc1. The minimum Gasteiger partial charge on any atom is -0.481 e. The van der Waals surface area contributed by atoms with E-state index in [1.807, 2.05) is 0 Å². The molecule has 1 fully saturated rings. The number of nitrogens with zero attached hydrogens (tertiary/aromatic N) is 2.